The average molecular weight is 170 g/mol. The molecule has 1 aromatic rings. The molecule has 0 spiro atoms. The van der Waals surface area contributed by atoms with Crippen molar-refractivity contribution in [3.63, 3.8) is 0 Å². The SMILES string of the molecule is Cn1cnc(COCC(=O)O)c1. The molecular weight excluding hydrogens is 160 g/mol. The second kappa shape index (κ2) is 3.87. The number of rotatable bonds is 4. The maximum Gasteiger partial charge on any atom is 0.329 e. The number of carboxylic acids is 1. The van der Waals surface area contributed by atoms with Crippen LogP contribution >= 0.6 is 0 Å². The molecule has 1 aromatic heterocycles. The normalized spacial score (nSPS) is 10.1. The van der Waals surface area contributed by atoms with Crippen LogP contribution in [0, 0.1) is 0 Å². The lowest BCUT2D eigenvalue weighted by molar-refractivity contribution is -0.142. The topological polar surface area (TPSA) is 64.4 Å². The third kappa shape index (κ3) is 2.71. The second-order valence-electron chi connectivity index (χ2n) is 2.42. The van der Waals surface area contributed by atoms with Gasteiger partial charge in [0.1, 0.15) is 6.61 Å². The molecule has 1 N–H and O–H groups in total. The van der Waals surface area contributed by atoms with E-state index in [2.05, 4.69) is 4.98 Å². The standard InChI is InChI=1S/C7H10N2O3/c1-9-2-6(8-5-9)3-12-4-7(10)11/h2,5H,3-4H2,1H3,(H,10,11). The number of aromatic nitrogens is 2. The van der Waals surface area contributed by atoms with Crippen LogP contribution in [-0.4, -0.2) is 27.2 Å². The van der Waals surface area contributed by atoms with Crippen molar-refractivity contribution in [3.8, 4) is 0 Å². The molecule has 12 heavy (non-hydrogen) atoms. The summed E-state index contributed by atoms with van der Waals surface area (Å²) in [4.78, 5) is 14.0. The molecule has 0 saturated carbocycles. The van der Waals surface area contributed by atoms with Crippen LogP contribution in [0.1, 0.15) is 5.69 Å². The van der Waals surface area contributed by atoms with Crippen LogP contribution in [0.15, 0.2) is 12.5 Å². The van der Waals surface area contributed by atoms with Crippen LogP contribution in [0.2, 0.25) is 0 Å². The summed E-state index contributed by atoms with van der Waals surface area (Å²) in [5, 5.41) is 8.25. The van der Waals surface area contributed by atoms with Gasteiger partial charge in [0.05, 0.1) is 18.6 Å². The van der Waals surface area contributed by atoms with Crippen molar-refractivity contribution in [1.29, 1.82) is 0 Å². The Bertz CT molecular complexity index is 269. The molecule has 1 heterocycles. The van der Waals surface area contributed by atoms with E-state index in [0.717, 1.165) is 5.69 Å². The van der Waals surface area contributed by atoms with E-state index in [0.29, 0.717) is 0 Å². The third-order valence-corrected chi connectivity index (χ3v) is 1.23. The molecule has 0 atom stereocenters. The zero-order valence-electron chi connectivity index (χ0n) is 6.73. The highest BCUT2D eigenvalue weighted by Gasteiger charge is 1.99. The van der Waals surface area contributed by atoms with Gasteiger partial charge in [-0.1, -0.05) is 0 Å². The molecule has 0 amide bonds. The Labute approximate surface area is 69.6 Å². The van der Waals surface area contributed by atoms with E-state index in [1.54, 1.807) is 17.1 Å². The van der Waals surface area contributed by atoms with E-state index in [1.165, 1.54) is 0 Å². The van der Waals surface area contributed by atoms with Crippen LogP contribution in [0.25, 0.3) is 0 Å². The number of ether oxygens (including phenoxy) is 1. The first-order chi connectivity index (χ1) is 5.68. The van der Waals surface area contributed by atoms with Crippen LogP contribution in [0.3, 0.4) is 0 Å². The molecule has 5 nitrogen and oxygen atoms in total. The molecule has 1 rings (SSSR count). The van der Waals surface area contributed by atoms with Gasteiger partial charge in [-0.25, -0.2) is 9.78 Å². The van der Waals surface area contributed by atoms with E-state index in [9.17, 15) is 4.79 Å². The highest BCUT2D eigenvalue weighted by atomic mass is 16.5. The summed E-state index contributed by atoms with van der Waals surface area (Å²) < 4.78 is 6.60. The van der Waals surface area contributed by atoms with Gasteiger partial charge in [-0.3, -0.25) is 0 Å². The number of hydrogen-bond donors (Lipinski definition) is 1. The van der Waals surface area contributed by atoms with Gasteiger partial charge >= 0.3 is 5.97 Å². The fourth-order valence-electron chi connectivity index (χ4n) is 0.784. The Morgan fingerprint density at radius 3 is 3.08 bits per heavy atom. The van der Waals surface area contributed by atoms with Crippen molar-refractivity contribution >= 4 is 5.97 Å². The molecule has 0 radical (unpaired) electrons. The summed E-state index contributed by atoms with van der Waals surface area (Å²) >= 11 is 0. The van der Waals surface area contributed by atoms with Gasteiger partial charge in [-0.2, -0.15) is 0 Å². The lowest BCUT2D eigenvalue weighted by Crippen LogP contribution is -2.06. The van der Waals surface area contributed by atoms with E-state index in [4.69, 9.17) is 9.84 Å². The molecule has 0 aromatic carbocycles. The van der Waals surface area contributed by atoms with E-state index < -0.39 is 5.97 Å². The molecule has 0 aliphatic carbocycles. The molecule has 0 unspecified atom stereocenters. The summed E-state index contributed by atoms with van der Waals surface area (Å²) in [6, 6.07) is 0. The number of carbonyl (C=O) groups is 1. The molecule has 5 heteroatoms. The quantitative estimate of drug-likeness (QED) is 0.691. The predicted octanol–water partition coefficient (Wildman–Crippen LogP) is 0.0213. The third-order valence-electron chi connectivity index (χ3n) is 1.23. The maximum atomic E-state index is 10.0. The van der Waals surface area contributed by atoms with Crippen molar-refractivity contribution in [3.05, 3.63) is 18.2 Å². The van der Waals surface area contributed by atoms with Crippen molar-refractivity contribution < 1.29 is 14.6 Å². The molecule has 0 aliphatic heterocycles. The van der Waals surface area contributed by atoms with Gasteiger partial charge in [0.25, 0.3) is 0 Å². The predicted molar refractivity (Wildman–Crippen MR) is 40.5 cm³/mol. The highest BCUT2D eigenvalue weighted by Crippen LogP contribution is 1.95. The second-order valence-corrected chi connectivity index (χ2v) is 2.42. The number of imidazole rings is 1. The van der Waals surface area contributed by atoms with Crippen LogP contribution in [0.5, 0.6) is 0 Å². The van der Waals surface area contributed by atoms with Gasteiger partial charge in [0.2, 0.25) is 0 Å². The van der Waals surface area contributed by atoms with Crippen LogP contribution in [-0.2, 0) is 23.2 Å². The Hall–Kier alpha value is -1.36. The molecule has 0 bridgehead atoms. The molecular formula is C7H10N2O3. The summed E-state index contributed by atoms with van der Waals surface area (Å²) in [7, 11) is 1.84. The van der Waals surface area contributed by atoms with Crippen LogP contribution < -0.4 is 0 Å². The lowest BCUT2D eigenvalue weighted by atomic mass is 10.5. The molecule has 0 fully saturated rings. The van der Waals surface area contributed by atoms with Gasteiger partial charge in [-0.05, 0) is 0 Å². The summed E-state index contributed by atoms with van der Waals surface area (Å²) in [5.74, 6) is -0.967. The highest BCUT2D eigenvalue weighted by molar-refractivity contribution is 5.67. The van der Waals surface area contributed by atoms with Crippen LogP contribution in [0.4, 0.5) is 0 Å². The fourth-order valence-corrected chi connectivity index (χ4v) is 0.784. The number of carboxylic acid groups (broad SMARTS) is 1. The summed E-state index contributed by atoms with van der Waals surface area (Å²) in [5.41, 5.74) is 0.735. The first kappa shape index (κ1) is 8.73. The van der Waals surface area contributed by atoms with Crippen molar-refractivity contribution in [2.24, 2.45) is 7.05 Å². The Kier molecular flexibility index (Phi) is 2.82. The monoisotopic (exact) mass is 170 g/mol. The Morgan fingerprint density at radius 2 is 2.58 bits per heavy atom. The van der Waals surface area contributed by atoms with Gasteiger partial charge in [0.15, 0.2) is 0 Å². The zero-order valence-corrected chi connectivity index (χ0v) is 6.73. The van der Waals surface area contributed by atoms with Gasteiger partial charge < -0.3 is 14.4 Å². The lowest BCUT2D eigenvalue weighted by Gasteiger charge is -1.95. The number of aliphatic carboxylic acids is 1. The largest absolute Gasteiger partial charge is 0.480 e. The number of hydrogen-bond acceptors (Lipinski definition) is 3. The number of aryl methyl sites for hydroxylation is 1. The smallest absolute Gasteiger partial charge is 0.329 e. The molecule has 0 aliphatic rings. The van der Waals surface area contributed by atoms with Crippen molar-refractivity contribution in [1.82, 2.24) is 9.55 Å². The average Bonchev–Trinajstić information content (AvgIpc) is 2.35. The van der Waals surface area contributed by atoms with E-state index in [-0.39, 0.29) is 13.2 Å². The minimum Gasteiger partial charge on any atom is -0.480 e. The summed E-state index contributed by atoms with van der Waals surface area (Å²) in [6.07, 6.45) is 3.42. The van der Waals surface area contributed by atoms with E-state index >= 15 is 0 Å². The molecule has 0 saturated heterocycles. The minimum absolute atomic E-state index is 0.243. The Balaban J connectivity index is 2.29. The Morgan fingerprint density at radius 1 is 1.83 bits per heavy atom. The van der Waals surface area contributed by atoms with Crippen molar-refractivity contribution in [2.45, 2.75) is 6.61 Å². The van der Waals surface area contributed by atoms with Gasteiger partial charge in [-0.15, -0.1) is 0 Å². The fraction of sp³-hybridized carbons (Fsp3) is 0.429. The van der Waals surface area contributed by atoms with Crippen molar-refractivity contribution in [2.75, 3.05) is 6.61 Å². The van der Waals surface area contributed by atoms with Gasteiger partial charge in [0, 0.05) is 13.2 Å². The first-order valence-electron chi connectivity index (χ1n) is 3.45. The van der Waals surface area contributed by atoms with E-state index in [1.807, 2.05) is 7.05 Å². The first-order valence-corrected chi connectivity index (χ1v) is 3.45. The molecule has 66 valence electrons. The number of nitrogens with zero attached hydrogens (tertiary/aromatic N) is 2. The minimum atomic E-state index is -0.967. The zero-order chi connectivity index (χ0) is 8.97. The maximum absolute atomic E-state index is 10.0. The summed E-state index contributed by atoms with van der Waals surface area (Å²) in [6.45, 7) is -0.0380.